The highest BCUT2D eigenvalue weighted by molar-refractivity contribution is 6.39. The molecule has 2 unspecified atom stereocenters. The molecule has 0 aromatic carbocycles. The van der Waals surface area contributed by atoms with E-state index in [1.54, 1.807) is 47.1 Å². The molecule has 0 spiro atoms. The average Bonchev–Trinajstić information content (AvgIpc) is 1.24. The molecular formula is C69H96N8O15. The van der Waals surface area contributed by atoms with E-state index in [1.807, 2.05) is 62.6 Å². The largest absolute Gasteiger partial charge is 0.489 e. The van der Waals surface area contributed by atoms with Gasteiger partial charge < -0.3 is 64.3 Å². The number of amides is 1. The molecule has 502 valence electrons. The van der Waals surface area contributed by atoms with Crippen molar-refractivity contribution in [1.82, 2.24) is 35.1 Å². The van der Waals surface area contributed by atoms with Gasteiger partial charge in [-0.25, -0.2) is 19.4 Å². The first-order valence-electron chi connectivity index (χ1n) is 33.2. The quantitative estimate of drug-likeness (QED) is 0.0583. The molecule has 92 heavy (non-hydrogen) atoms. The van der Waals surface area contributed by atoms with Gasteiger partial charge in [-0.2, -0.15) is 0 Å². The molecule has 1 amide bonds. The fourth-order valence-electron chi connectivity index (χ4n) is 14.3. The second kappa shape index (κ2) is 30.7. The molecule has 8 heterocycles. The number of ether oxygens (including phenoxy) is 6. The van der Waals surface area contributed by atoms with Gasteiger partial charge in [0.05, 0.1) is 37.2 Å². The van der Waals surface area contributed by atoms with E-state index in [-0.39, 0.29) is 72.7 Å². The van der Waals surface area contributed by atoms with Crippen molar-refractivity contribution in [3.05, 3.63) is 59.5 Å². The molecule has 1 aliphatic carbocycles. The lowest BCUT2D eigenvalue weighted by Crippen LogP contribution is -2.61. The number of hydrogen-bond donors (Lipinski definition) is 5. The van der Waals surface area contributed by atoms with E-state index in [0.717, 1.165) is 31.5 Å². The van der Waals surface area contributed by atoms with Gasteiger partial charge in [-0.05, 0) is 144 Å². The number of piperidine rings is 2. The van der Waals surface area contributed by atoms with Crippen molar-refractivity contribution in [2.24, 2.45) is 41.4 Å². The molecule has 23 nitrogen and oxygen atoms in total. The molecule has 4 saturated heterocycles. The first-order valence-corrected chi connectivity index (χ1v) is 33.2. The summed E-state index contributed by atoms with van der Waals surface area (Å²) in [4.78, 5) is 83.6. The average molecular weight is 1280 g/mol. The second-order valence-electron chi connectivity index (χ2n) is 26.8. The first-order chi connectivity index (χ1) is 44.0. The maximum atomic E-state index is 14.7. The Morgan fingerprint density at radius 3 is 2.43 bits per heavy atom. The van der Waals surface area contributed by atoms with Gasteiger partial charge in [0, 0.05) is 75.9 Å². The standard InChI is InChI=1S/C69H96N8O15/c1-11-76-59-56(88-38-46-19-17-28-71-36-46)37-72-49(57(59)73-65(76)58-64(70)75-92-74-58)26-27-68(8)48-20-14-12-13-18-39(2)30-42(5)60(80)62(87-10)61(81)43(6)31-40(3)52(79)35-53(41(4)32-45-23-25-51(78)55(33-45)86-9)89-67(84)50-21-15-16-29-77(50)66(83)63(82)69(85)44(7)22-24-47(90-69)34-54(48)91-68/h12-14,18,20,31,37,39-42,44-47,50-51,53-55,61-62,71,78,81,85H,11,15-17,19,21-25,28-30,32-36,38H2,1-10H3,(H2,70,75)/b14-12+,18-13+,43-31+,48-20?/t39-,40-,41?,42-,44-,45-,46+,47+,50+,51-,53+,54+,55-,61-,62+,68?,69-/m1/s1. The van der Waals surface area contributed by atoms with Crippen LogP contribution in [0.15, 0.2) is 58.4 Å². The Labute approximate surface area is 539 Å². The highest BCUT2D eigenvalue weighted by Gasteiger charge is 2.55. The first kappa shape index (κ1) is 69.8. The van der Waals surface area contributed by atoms with Crippen molar-refractivity contribution in [2.45, 2.75) is 212 Å². The topological polar surface area (TPSA) is 312 Å². The SMILES string of the molecule is CCn1c(-c2nonc2N)nc2c(C#CC3(C)O[C@H]4C[C@@H]5CC[C@@H](C)[C@@](O)(O5)C(=O)C(=O)N5CCCC[C@H]5C(=O)O[C@H](C(C)C[C@H]5CC[C@@H](O)[C@H](OC)C5)CC(=O)[C@H](C)/C=C(\C)[C@@H](O)[C@@H](OC)C(=O)[C@H](C)C[C@H](C)/C=C/C=C/C=C43)ncc(OC[C@H]3CCCNC3)c21. The molecule has 5 aliphatic heterocycles. The Kier molecular flexibility index (Phi) is 23.3. The monoisotopic (exact) mass is 1280 g/mol. The number of nitrogens with two attached hydrogens (primary N) is 1. The van der Waals surface area contributed by atoms with Crippen LogP contribution in [0.3, 0.4) is 0 Å². The van der Waals surface area contributed by atoms with Crippen LogP contribution in [0.4, 0.5) is 5.82 Å². The number of imidazole rings is 1. The van der Waals surface area contributed by atoms with Gasteiger partial charge >= 0.3 is 5.97 Å². The minimum Gasteiger partial charge on any atom is -0.489 e. The predicted molar refractivity (Wildman–Crippen MR) is 341 cm³/mol. The number of cyclic esters (lactones) is 1. The number of rotatable bonds is 10. The van der Waals surface area contributed by atoms with Crippen LogP contribution in [0, 0.1) is 53.3 Å². The van der Waals surface area contributed by atoms with Crippen molar-refractivity contribution in [1.29, 1.82) is 0 Å². The van der Waals surface area contributed by atoms with Crippen molar-refractivity contribution in [3.63, 3.8) is 0 Å². The molecule has 5 fully saturated rings. The van der Waals surface area contributed by atoms with Crippen molar-refractivity contribution in [2.75, 3.05) is 46.2 Å². The number of fused-ring (bicyclic) bond motifs is 5. The number of carbonyl (C=O) groups is 5. The Hall–Kier alpha value is -6.49. The number of aryl methyl sites for hydroxylation is 1. The van der Waals surface area contributed by atoms with Gasteiger partial charge in [0.25, 0.3) is 11.7 Å². The summed E-state index contributed by atoms with van der Waals surface area (Å²) in [6.45, 7) is 17.2. The van der Waals surface area contributed by atoms with E-state index in [9.17, 15) is 39.3 Å². The number of methoxy groups -OCH3 is 2. The predicted octanol–water partition coefficient (Wildman–Crippen LogP) is 7.13. The number of carbonyl (C=O) groups excluding carboxylic acids is 5. The van der Waals surface area contributed by atoms with Gasteiger partial charge in [-0.15, -0.1) is 0 Å². The lowest BCUT2D eigenvalue weighted by Gasteiger charge is -2.48. The van der Waals surface area contributed by atoms with Gasteiger partial charge in [-0.3, -0.25) is 19.2 Å². The Bertz CT molecular complexity index is 3320. The summed E-state index contributed by atoms with van der Waals surface area (Å²) in [6, 6.07) is -1.21. The number of nitrogens with one attached hydrogen (secondary N) is 1. The van der Waals surface area contributed by atoms with Crippen LogP contribution in [-0.4, -0.2) is 175 Å². The summed E-state index contributed by atoms with van der Waals surface area (Å²) >= 11 is 0. The molecule has 3 aromatic heterocycles. The Morgan fingerprint density at radius 2 is 1.72 bits per heavy atom. The number of aromatic nitrogens is 5. The van der Waals surface area contributed by atoms with Crippen LogP contribution < -0.4 is 15.8 Å². The van der Waals surface area contributed by atoms with Crippen LogP contribution in [0.5, 0.6) is 5.75 Å². The zero-order valence-electron chi connectivity index (χ0n) is 55.1. The molecule has 6 N–H and O–H groups in total. The van der Waals surface area contributed by atoms with E-state index in [4.69, 9.17) is 48.8 Å². The number of Topliss-reactive ketones (excluding diaryl/α,β-unsaturated/α-hetero) is 3. The lowest BCUT2D eigenvalue weighted by atomic mass is 9.78. The third-order valence-corrected chi connectivity index (χ3v) is 20.0. The summed E-state index contributed by atoms with van der Waals surface area (Å²) in [5, 5.41) is 46.1. The van der Waals surface area contributed by atoms with Gasteiger partial charge in [-0.1, -0.05) is 77.0 Å². The zero-order valence-corrected chi connectivity index (χ0v) is 55.1. The number of nitrogen functional groups attached to an aromatic ring is 1. The normalized spacial score (nSPS) is 35.2. The molecule has 2 bridgehead atoms. The third-order valence-electron chi connectivity index (χ3n) is 20.0. The van der Waals surface area contributed by atoms with Crippen LogP contribution in [0.2, 0.25) is 0 Å². The highest BCUT2D eigenvalue weighted by atomic mass is 16.6. The molecule has 3 aromatic rings. The van der Waals surface area contributed by atoms with E-state index in [2.05, 4.69) is 27.5 Å². The van der Waals surface area contributed by atoms with Crippen LogP contribution >= 0.6 is 0 Å². The van der Waals surface area contributed by atoms with Crippen LogP contribution in [-0.2, 0) is 54.2 Å². The highest BCUT2D eigenvalue weighted by Crippen LogP contribution is 2.45. The molecule has 6 aliphatic rings. The smallest absolute Gasteiger partial charge is 0.329 e. The van der Waals surface area contributed by atoms with Crippen molar-refractivity contribution < 1.29 is 72.3 Å². The summed E-state index contributed by atoms with van der Waals surface area (Å²) < 4.78 is 44.2. The lowest BCUT2D eigenvalue weighted by molar-refractivity contribution is -0.269. The number of aliphatic hydroxyl groups excluding tert-OH is 2. The fourth-order valence-corrected chi connectivity index (χ4v) is 14.3. The summed E-state index contributed by atoms with van der Waals surface area (Å²) in [7, 11) is 2.93. The van der Waals surface area contributed by atoms with E-state index >= 15 is 0 Å². The van der Waals surface area contributed by atoms with Gasteiger partial charge in [0.1, 0.15) is 46.9 Å². The van der Waals surface area contributed by atoms with E-state index in [0.29, 0.717) is 111 Å². The molecular weight excluding hydrogens is 1180 g/mol. The number of nitrogens with zero attached hydrogens (tertiary/aromatic N) is 6. The Balaban J connectivity index is 1.03. The minimum absolute atomic E-state index is 0.0331. The molecule has 0 radical (unpaired) electrons. The summed E-state index contributed by atoms with van der Waals surface area (Å²) in [5.74, 6) is -0.808. The van der Waals surface area contributed by atoms with Crippen molar-refractivity contribution >= 4 is 46.1 Å². The number of hydrogen-bond acceptors (Lipinski definition) is 21. The number of esters is 1. The maximum absolute atomic E-state index is 14.7. The third kappa shape index (κ3) is 15.7. The second-order valence-corrected chi connectivity index (χ2v) is 26.8. The Morgan fingerprint density at radius 1 is 0.924 bits per heavy atom. The number of allylic oxidation sites excluding steroid dienone is 6. The summed E-state index contributed by atoms with van der Waals surface area (Å²) in [6.07, 6.45) is 13.5. The number of anilines is 1. The van der Waals surface area contributed by atoms with Crippen LogP contribution in [0.25, 0.3) is 22.6 Å². The number of pyridine rings is 1. The van der Waals surface area contributed by atoms with Crippen molar-refractivity contribution in [3.8, 4) is 29.1 Å². The van der Waals surface area contributed by atoms with Crippen LogP contribution in [0.1, 0.15) is 151 Å². The fraction of sp³-hybridized carbons (Fsp3) is 0.667. The molecule has 1 saturated carbocycles. The zero-order chi connectivity index (χ0) is 66.2. The number of aliphatic hydroxyl groups is 3. The molecule has 17 atom stereocenters. The maximum Gasteiger partial charge on any atom is 0.329 e. The van der Waals surface area contributed by atoms with Gasteiger partial charge in [0.15, 0.2) is 34.5 Å². The molecule has 23 heteroatoms. The van der Waals surface area contributed by atoms with E-state index < -0.39 is 89.5 Å². The number of ketones is 3. The van der Waals surface area contributed by atoms with Gasteiger partial charge in [0.2, 0.25) is 5.79 Å². The summed E-state index contributed by atoms with van der Waals surface area (Å²) in [5.41, 5.74) is 7.81. The minimum atomic E-state index is -2.56. The molecule has 9 rings (SSSR count). The van der Waals surface area contributed by atoms with E-state index in [1.165, 1.54) is 12.0 Å².